The molecule has 0 aliphatic rings. The first-order chi connectivity index (χ1) is 1.73. The number of carbonyl (C=O) groups excluding carboxylic acids is 1. The molecule has 0 amide bonds. The quantitative estimate of drug-likeness (QED) is 0.365. The monoisotopic (exact) mass is 171 g/mol. The molecule has 0 N–H and O–H groups in total. The van der Waals surface area contributed by atoms with Gasteiger partial charge in [-0.1, -0.05) is 0 Å². The summed E-state index contributed by atoms with van der Waals surface area (Å²) in [6, 6.07) is 0. The first-order valence-electron chi connectivity index (χ1n) is 0.612. The van der Waals surface area contributed by atoms with Crippen LogP contribution in [0.1, 0.15) is 0 Å². The van der Waals surface area contributed by atoms with Crippen molar-refractivity contribution >= 4 is 43.9 Å². The molecule has 4 nitrogen and oxygen atoms in total. The minimum Gasteiger partial charge on any atom is -2.00 e. The topological polar surface area (TPSA) is 91.7 Å². The van der Waals surface area contributed by atoms with Crippen LogP contribution in [0.2, 0.25) is 0 Å². The fraction of sp³-hybridized carbons (Fsp3) is 0. The van der Waals surface area contributed by atoms with E-state index in [1.165, 1.54) is 0 Å². The molecule has 0 saturated carbocycles. The van der Waals surface area contributed by atoms with E-state index in [1.54, 1.807) is 0 Å². The zero-order chi connectivity index (χ0) is 3.58. The second-order valence-electron chi connectivity index (χ2n) is 0.250. The van der Waals surface area contributed by atoms with Gasteiger partial charge in [-0.05, 0) is 6.16 Å². The summed E-state index contributed by atoms with van der Waals surface area (Å²) >= 11 is 0. The van der Waals surface area contributed by atoms with Gasteiger partial charge < -0.3 is 20.5 Å². The van der Waals surface area contributed by atoms with E-state index in [1.807, 2.05) is 0 Å². The predicted molar refractivity (Wildman–Crippen MR) is 11.8 cm³/mol. The number of rotatable bonds is 0. The fourth-order valence-electron chi connectivity index (χ4n) is 0. The third-order valence-electron chi connectivity index (χ3n) is 0. The first-order valence-corrected chi connectivity index (χ1v) is 0.612. The summed E-state index contributed by atoms with van der Waals surface area (Å²) in [4.78, 5) is 8.33. The van der Waals surface area contributed by atoms with Crippen molar-refractivity contribution in [2.75, 3.05) is 0 Å². The maximum absolute atomic E-state index is 8.33. The van der Waals surface area contributed by atoms with Gasteiger partial charge in [0.1, 0.15) is 0 Å². The van der Waals surface area contributed by atoms with Gasteiger partial charge in [-0.15, -0.1) is 0 Å². The normalized spacial score (nSPS) is 3.43. The minimum atomic E-state index is -2.33. The van der Waals surface area contributed by atoms with Gasteiger partial charge >= 0.3 is 54.8 Å². The number of carbonyl (C=O) groups is 1. The van der Waals surface area contributed by atoms with Gasteiger partial charge in [0.2, 0.25) is 0 Å². The van der Waals surface area contributed by atoms with Crippen molar-refractivity contribution in [3.8, 4) is 0 Å². The molecule has 6 heteroatoms. The Kier molecular flexibility index (Phi) is 55.1. The van der Waals surface area contributed by atoms with E-state index in [0.717, 1.165) is 0 Å². The van der Waals surface area contributed by atoms with Gasteiger partial charge in [0, 0.05) is 0 Å². The van der Waals surface area contributed by atoms with Crippen LogP contribution in [0, 0.1) is 0 Å². The van der Waals surface area contributed by atoms with Crippen LogP contribution in [0.15, 0.2) is 0 Å². The molecule has 0 atom stereocenters. The average molecular weight is 171 g/mol. The molecule has 7 heavy (non-hydrogen) atoms. The van der Waals surface area contributed by atoms with Crippen molar-refractivity contribution < 1.29 is 37.6 Å². The fourth-order valence-corrected chi connectivity index (χ4v) is 0. The molecule has 0 aromatic heterocycles. The Bertz CT molecular complexity index is 34.7. The van der Waals surface area contributed by atoms with Crippen molar-refractivity contribution in [1.82, 2.24) is 0 Å². The molecule has 0 spiro atoms. The molecule has 0 rings (SSSR count). The molecular weight excluding hydrogens is 171 g/mol. The maximum Gasteiger partial charge on any atom is 2.00 e. The summed E-state index contributed by atoms with van der Waals surface area (Å²) in [5, 5.41) is 16.7. The Balaban J connectivity index is -0.0000000150. The average Bonchev–Trinajstić information content (AvgIpc) is 0.811. The van der Waals surface area contributed by atoms with Crippen LogP contribution < -0.4 is 10.2 Å². The summed E-state index contributed by atoms with van der Waals surface area (Å²) < 4.78 is 0. The Labute approximate surface area is 80.7 Å². The summed E-state index contributed by atoms with van der Waals surface area (Å²) in [5.41, 5.74) is 0. The zero-order valence-electron chi connectivity index (χ0n) is 3.22. The Morgan fingerprint density at radius 2 is 1.29 bits per heavy atom. The molecular formula is CCaMnO4. The predicted octanol–water partition coefficient (Wildman–Crippen LogP) is -2.95. The molecule has 0 aliphatic carbocycles. The molecule has 0 saturated heterocycles. The molecule has 0 fully saturated rings. The van der Waals surface area contributed by atoms with Crippen LogP contribution in [0.3, 0.4) is 0 Å². The van der Waals surface area contributed by atoms with E-state index in [4.69, 9.17) is 15.0 Å². The van der Waals surface area contributed by atoms with E-state index < -0.39 is 6.16 Å². The van der Waals surface area contributed by atoms with Gasteiger partial charge in [0.05, 0.1) is 0 Å². The minimum absolute atomic E-state index is 0. The van der Waals surface area contributed by atoms with Crippen LogP contribution in [0.4, 0.5) is 4.79 Å². The van der Waals surface area contributed by atoms with Crippen molar-refractivity contribution in [2.24, 2.45) is 0 Å². The second-order valence-corrected chi connectivity index (χ2v) is 0.250. The first kappa shape index (κ1) is 24.5. The van der Waals surface area contributed by atoms with Crippen LogP contribution in [-0.2, 0) is 22.5 Å². The maximum atomic E-state index is 8.33. The van der Waals surface area contributed by atoms with Crippen molar-refractivity contribution in [2.45, 2.75) is 0 Å². The number of carboxylic acid groups (broad SMARTS) is 2. The molecule has 1 radical (unpaired) electrons. The molecule has 0 bridgehead atoms. The van der Waals surface area contributed by atoms with Crippen molar-refractivity contribution in [3.05, 3.63) is 0 Å². The van der Waals surface area contributed by atoms with Gasteiger partial charge in [-0.25, -0.2) is 0 Å². The van der Waals surface area contributed by atoms with Gasteiger partial charge in [-0.3, -0.25) is 0 Å². The number of hydrogen-bond acceptors (Lipinski definition) is 3. The summed E-state index contributed by atoms with van der Waals surface area (Å²) in [7, 11) is 0. The Morgan fingerprint density at radius 1 is 1.29 bits per heavy atom. The van der Waals surface area contributed by atoms with Gasteiger partial charge in [0.15, 0.2) is 0 Å². The van der Waals surface area contributed by atoms with Gasteiger partial charge in [-0.2, -0.15) is 0 Å². The largest absolute Gasteiger partial charge is 2.00 e. The zero-order valence-corrected chi connectivity index (χ0v) is 6.61. The second kappa shape index (κ2) is 15.7. The molecule has 0 heterocycles. The van der Waals surface area contributed by atoms with Crippen LogP contribution in [-0.4, -0.2) is 43.9 Å². The molecule has 37 valence electrons. The van der Waals surface area contributed by atoms with E-state index in [-0.39, 0.29) is 60.3 Å². The Morgan fingerprint density at radius 3 is 1.29 bits per heavy atom. The molecule has 0 aromatic rings. The summed E-state index contributed by atoms with van der Waals surface area (Å²) in [6.07, 6.45) is -2.33. The van der Waals surface area contributed by atoms with Crippen LogP contribution in [0.25, 0.3) is 0 Å². The van der Waals surface area contributed by atoms with E-state index in [9.17, 15) is 0 Å². The molecule has 0 unspecified atom stereocenters. The standard InChI is InChI=1S/CH2O3.Ca.Mn.O/c2-1(3)4;;;/h(H2,2,3,4);;;/q;2*+2;-2/p-2. The van der Waals surface area contributed by atoms with E-state index in [0.29, 0.717) is 0 Å². The van der Waals surface area contributed by atoms with E-state index in [2.05, 4.69) is 0 Å². The van der Waals surface area contributed by atoms with Gasteiger partial charge in [0.25, 0.3) is 0 Å². The molecule has 0 aliphatic heterocycles. The number of hydrogen-bond donors (Lipinski definition) is 0. The molecule has 0 aromatic carbocycles. The smallest absolute Gasteiger partial charge is 2.00 e. The van der Waals surface area contributed by atoms with E-state index >= 15 is 0 Å². The SMILES string of the molecule is O=C([O-])[O-].[Ca+2].[Mn+2].[O-2]. The summed E-state index contributed by atoms with van der Waals surface area (Å²) in [5.74, 6) is 0. The summed E-state index contributed by atoms with van der Waals surface area (Å²) in [6.45, 7) is 0. The van der Waals surface area contributed by atoms with Crippen LogP contribution >= 0.6 is 0 Å². The van der Waals surface area contributed by atoms with Crippen molar-refractivity contribution in [3.63, 3.8) is 0 Å². The third kappa shape index (κ3) is 173. The van der Waals surface area contributed by atoms with Crippen molar-refractivity contribution in [1.29, 1.82) is 0 Å². The van der Waals surface area contributed by atoms with Crippen LogP contribution in [0.5, 0.6) is 0 Å². The Hall–Kier alpha value is 1.01. The third-order valence-corrected chi connectivity index (χ3v) is 0.